The van der Waals surface area contributed by atoms with Gasteiger partial charge in [0.25, 0.3) is 0 Å². The van der Waals surface area contributed by atoms with Crippen LogP contribution >= 0.6 is 11.3 Å². The molecule has 0 saturated carbocycles. The summed E-state index contributed by atoms with van der Waals surface area (Å²) < 4.78 is 14.9. The van der Waals surface area contributed by atoms with Gasteiger partial charge >= 0.3 is 0 Å². The highest BCUT2D eigenvalue weighted by Crippen LogP contribution is 2.34. The number of thiazole rings is 1. The number of anilines is 2. The van der Waals surface area contributed by atoms with E-state index in [4.69, 9.17) is 11.5 Å². The molecule has 1 aliphatic heterocycles. The Bertz CT molecular complexity index is 1210. The lowest BCUT2D eigenvalue weighted by Gasteiger charge is -2.33. The molecule has 1 saturated heterocycles. The Balaban J connectivity index is 1.65. The number of halogens is 1. The average molecular weight is 422 g/mol. The van der Waals surface area contributed by atoms with Crippen LogP contribution in [0.5, 0.6) is 0 Å². The van der Waals surface area contributed by atoms with Gasteiger partial charge in [-0.15, -0.1) is 11.3 Å². The van der Waals surface area contributed by atoms with Crippen molar-refractivity contribution >= 4 is 33.6 Å². The number of fused-ring (bicyclic) bond motifs is 1. The van der Waals surface area contributed by atoms with Crippen LogP contribution in [-0.4, -0.2) is 39.1 Å². The summed E-state index contributed by atoms with van der Waals surface area (Å²) in [4.78, 5) is 19.7. The zero-order valence-corrected chi connectivity index (χ0v) is 16.9. The van der Waals surface area contributed by atoms with Crippen molar-refractivity contribution < 1.29 is 4.39 Å². The minimum Gasteiger partial charge on any atom is -0.397 e. The first kappa shape index (κ1) is 18.8. The van der Waals surface area contributed by atoms with E-state index in [0.29, 0.717) is 40.2 Å². The second kappa shape index (κ2) is 7.58. The van der Waals surface area contributed by atoms with Gasteiger partial charge in [-0.1, -0.05) is 0 Å². The molecule has 1 unspecified atom stereocenters. The fraction of sp³-hybridized carbons (Fsp3) is 0.238. The summed E-state index contributed by atoms with van der Waals surface area (Å²) in [5.74, 6) is -0.369. The summed E-state index contributed by atoms with van der Waals surface area (Å²) in [5, 5.41) is 3.37. The van der Waals surface area contributed by atoms with Crippen molar-refractivity contribution in [3.63, 3.8) is 0 Å². The summed E-state index contributed by atoms with van der Waals surface area (Å²) in [7, 11) is 0. The Morgan fingerprint density at radius 3 is 2.83 bits per heavy atom. The Morgan fingerprint density at radius 1 is 1.13 bits per heavy atom. The largest absolute Gasteiger partial charge is 0.397 e. The van der Waals surface area contributed by atoms with Gasteiger partial charge in [0.2, 0.25) is 0 Å². The first-order valence-corrected chi connectivity index (χ1v) is 10.6. The zero-order valence-electron chi connectivity index (χ0n) is 16.1. The second-order valence-electron chi connectivity index (χ2n) is 7.36. The van der Waals surface area contributed by atoms with Gasteiger partial charge in [0, 0.05) is 36.1 Å². The van der Waals surface area contributed by atoms with Crippen molar-refractivity contribution in [2.24, 2.45) is 5.73 Å². The van der Waals surface area contributed by atoms with Gasteiger partial charge < -0.3 is 16.4 Å². The molecule has 5 heterocycles. The van der Waals surface area contributed by atoms with E-state index in [0.717, 1.165) is 30.1 Å². The van der Waals surface area contributed by atoms with Crippen molar-refractivity contribution in [2.75, 3.05) is 23.7 Å². The summed E-state index contributed by atoms with van der Waals surface area (Å²) in [6, 6.07) is 5.46. The maximum atomic E-state index is 14.9. The number of rotatable bonds is 3. The number of nitrogens with two attached hydrogens (primary N) is 2. The molecule has 0 aliphatic carbocycles. The van der Waals surface area contributed by atoms with Crippen molar-refractivity contribution in [3.05, 3.63) is 48.0 Å². The van der Waals surface area contributed by atoms with E-state index < -0.39 is 0 Å². The highest BCUT2D eigenvalue weighted by Gasteiger charge is 2.23. The van der Waals surface area contributed by atoms with Crippen LogP contribution in [0.15, 0.2) is 42.2 Å². The van der Waals surface area contributed by atoms with Crippen molar-refractivity contribution in [1.29, 1.82) is 0 Å². The predicted octanol–water partition coefficient (Wildman–Crippen LogP) is 3.46. The summed E-state index contributed by atoms with van der Waals surface area (Å²) in [5.41, 5.74) is 15.8. The number of piperidine rings is 1. The number of aromatic nitrogens is 4. The van der Waals surface area contributed by atoms with E-state index in [9.17, 15) is 4.39 Å². The number of nitrogens with zero attached hydrogens (tertiary/aromatic N) is 5. The van der Waals surface area contributed by atoms with Crippen LogP contribution < -0.4 is 16.4 Å². The molecule has 0 aromatic carbocycles. The number of hydrogen-bond acceptors (Lipinski definition) is 8. The Morgan fingerprint density at radius 2 is 2.03 bits per heavy atom. The van der Waals surface area contributed by atoms with E-state index in [2.05, 4.69) is 19.9 Å². The minimum absolute atomic E-state index is 0.0231. The standard InChI is InChI=1S/C21H20FN7S/c22-14-9-26-18-10-27-17(8-13(18)20(14)29-6-1-2-12(23)11-29)19-15(24)3-4-16(28-19)21-25-5-7-30-21/h3-5,7-10,12H,1-2,6,11,23-24H2. The molecule has 152 valence electrons. The molecule has 0 radical (unpaired) electrons. The molecule has 4 aromatic heterocycles. The van der Waals surface area contributed by atoms with E-state index in [1.54, 1.807) is 18.5 Å². The predicted molar refractivity (Wildman–Crippen MR) is 118 cm³/mol. The highest BCUT2D eigenvalue weighted by molar-refractivity contribution is 7.13. The van der Waals surface area contributed by atoms with Gasteiger partial charge in [-0.2, -0.15) is 0 Å². The molecule has 4 aromatic rings. The molecule has 1 fully saturated rings. The monoisotopic (exact) mass is 421 g/mol. The average Bonchev–Trinajstić information content (AvgIpc) is 3.28. The third-order valence-corrected chi connectivity index (χ3v) is 6.07. The highest BCUT2D eigenvalue weighted by atomic mass is 32.1. The molecule has 1 aliphatic rings. The van der Waals surface area contributed by atoms with Crippen LogP contribution in [0.2, 0.25) is 0 Å². The van der Waals surface area contributed by atoms with Crippen LogP contribution in [-0.2, 0) is 0 Å². The fourth-order valence-corrected chi connectivity index (χ4v) is 4.47. The van der Waals surface area contributed by atoms with Gasteiger partial charge in [0.1, 0.15) is 10.7 Å². The van der Waals surface area contributed by atoms with Crippen molar-refractivity contribution in [2.45, 2.75) is 18.9 Å². The molecular formula is C21H20FN7S. The molecule has 30 heavy (non-hydrogen) atoms. The summed E-state index contributed by atoms with van der Waals surface area (Å²) >= 11 is 1.50. The van der Waals surface area contributed by atoms with Crippen LogP contribution in [0.4, 0.5) is 15.8 Å². The lowest BCUT2D eigenvalue weighted by molar-refractivity contribution is 0.498. The Hall–Kier alpha value is -3.17. The number of nitrogen functional groups attached to an aromatic ring is 1. The molecule has 7 nitrogen and oxygen atoms in total. The van der Waals surface area contributed by atoms with Crippen LogP contribution in [0, 0.1) is 5.82 Å². The lowest BCUT2D eigenvalue weighted by atomic mass is 10.0. The topological polar surface area (TPSA) is 107 Å². The fourth-order valence-electron chi connectivity index (χ4n) is 3.86. The van der Waals surface area contributed by atoms with Crippen molar-refractivity contribution in [3.8, 4) is 22.1 Å². The summed E-state index contributed by atoms with van der Waals surface area (Å²) in [6.45, 7) is 1.36. The molecule has 0 bridgehead atoms. The normalized spacial score (nSPS) is 16.9. The third kappa shape index (κ3) is 3.35. The maximum absolute atomic E-state index is 14.9. The first-order valence-electron chi connectivity index (χ1n) is 9.71. The zero-order chi connectivity index (χ0) is 20.7. The van der Waals surface area contributed by atoms with E-state index in [1.807, 2.05) is 22.4 Å². The molecule has 1 atom stereocenters. The molecule has 9 heteroatoms. The third-order valence-electron chi connectivity index (χ3n) is 5.28. The summed E-state index contributed by atoms with van der Waals surface area (Å²) in [6.07, 6.45) is 6.48. The number of pyridine rings is 3. The number of hydrogen-bond donors (Lipinski definition) is 2. The second-order valence-corrected chi connectivity index (χ2v) is 8.26. The van der Waals surface area contributed by atoms with E-state index in [-0.39, 0.29) is 11.9 Å². The van der Waals surface area contributed by atoms with Gasteiger partial charge in [-0.25, -0.2) is 14.4 Å². The van der Waals surface area contributed by atoms with E-state index in [1.165, 1.54) is 17.5 Å². The van der Waals surface area contributed by atoms with Gasteiger partial charge in [0.05, 0.1) is 40.7 Å². The quantitative estimate of drug-likeness (QED) is 0.522. The SMILES string of the molecule is Nc1ccc(-c2nccs2)nc1-c1cc2c(N3CCCC(N)C3)c(F)cnc2cn1. The Kier molecular flexibility index (Phi) is 4.76. The first-order chi connectivity index (χ1) is 14.6. The molecular weight excluding hydrogens is 401 g/mol. The maximum Gasteiger partial charge on any atom is 0.165 e. The molecule has 0 amide bonds. The molecule has 5 rings (SSSR count). The van der Waals surface area contributed by atoms with E-state index >= 15 is 0 Å². The van der Waals surface area contributed by atoms with Crippen molar-refractivity contribution in [1.82, 2.24) is 19.9 Å². The van der Waals surface area contributed by atoms with Crippen LogP contribution in [0.1, 0.15) is 12.8 Å². The van der Waals surface area contributed by atoms with Gasteiger partial charge in [-0.3, -0.25) is 9.97 Å². The van der Waals surface area contributed by atoms with Gasteiger partial charge in [-0.05, 0) is 31.0 Å². The molecule has 4 N–H and O–H groups in total. The van der Waals surface area contributed by atoms with Crippen LogP contribution in [0.3, 0.4) is 0 Å². The smallest absolute Gasteiger partial charge is 0.165 e. The van der Waals surface area contributed by atoms with Gasteiger partial charge in [0.15, 0.2) is 5.82 Å². The minimum atomic E-state index is -0.369. The Labute approximate surface area is 176 Å². The molecule has 0 spiro atoms. The lowest BCUT2D eigenvalue weighted by Crippen LogP contribution is -2.43. The van der Waals surface area contributed by atoms with Crippen LogP contribution in [0.25, 0.3) is 33.0 Å².